The van der Waals surface area contributed by atoms with E-state index in [1.165, 1.54) is 17.5 Å². The Bertz CT molecular complexity index is 1020. The van der Waals surface area contributed by atoms with Gasteiger partial charge in [-0.2, -0.15) is 0 Å². The predicted octanol–water partition coefficient (Wildman–Crippen LogP) is 3.54. The summed E-state index contributed by atoms with van der Waals surface area (Å²) in [6.07, 6.45) is 2.47. The van der Waals surface area contributed by atoms with E-state index < -0.39 is 0 Å². The zero-order valence-electron chi connectivity index (χ0n) is 16.3. The summed E-state index contributed by atoms with van der Waals surface area (Å²) in [5, 5.41) is 3.21. The SMILES string of the molecule is CCOC(=O)c1ccc(Nc2ncnc(N3CCc4ccccc4C3)c2N)cc1. The number of nitrogens with two attached hydrogens (primary N) is 1. The molecule has 0 spiro atoms. The van der Waals surface area contributed by atoms with Crippen LogP contribution >= 0.6 is 0 Å². The molecule has 0 saturated heterocycles. The lowest BCUT2D eigenvalue weighted by atomic mass is 10.00. The van der Waals surface area contributed by atoms with Crippen molar-refractivity contribution in [3.05, 3.63) is 71.5 Å². The Balaban J connectivity index is 1.52. The van der Waals surface area contributed by atoms with Gasteiger partial charge in [-0.15, -0.1) is 0 Å². The van der Waals surface area contributed by atoms with Crippen LogP contribution in [0.3, 0.4) is 0 Å². The van der Waals surface area contributed by atoms with Crippen molar-refractivity contribution in [3.8, 4) is 0 Å². The van der Waals surface area contributed by atoms with Crippen molar-refractivity contribution in [2.24, 2.45) is 0 Å². The summed E-state index contributed by atoms with van der Waals surface area (Å²) in [5.74, 6) is 0.922. The minimum absolute atomic E-state index is 0.340. The number of aromatic nitrogens is 2. The second-order valence-corrected chi connectivity index (χ2v) is 6.82. The zero-order chi connectivity index (χ0) is 20.2. The van der Waals surface area contributed by atoms with Crippen LogP contribution in [-0.4, -0.2) is 29.1 Å². The molecule has 7 heteroatoms. The zero-order valence-corrected chi connectivity index (χ0v) is 16.3. The summed E-state index contributed by atoms with van der Waals surface area (Å²) in [6, 6.07) is 15.4. The molecule has 0 radical (unpaired) electrons. The number of benzene rings is 2. The summed E-state index contributed by atoms with van der Waals surface area (Å²) in [5.41, 5.74) is 10.8. The van der Waals surface area contributed by atoms with Crippen molar-refractivity contribution in [1.82, 2.24) is 9.97 Å². The van der Waals surface area contributed by atoms with Crippen molar-refractivity contribution in [2.75, 3.05) is 29.1 Å². The molecule has 0 bridgehead atoms. The van der Waals surface area contributed by atoms with Crippen molar-refractivity contribution in [2.45, 2.75) is 19.9 Å². The van der Waals surface area contributed by atoms with Crippen LogP contribution in [0.2, 0.25) is 0 Å². The first-order chi connectivity index (χ1) is 14.2. The van der Waals surface area contributed by atoms with Gasteiger partial charge in [0.1, 0.15) is 12.0 Å². The van der Waals surface area contributed by atoms with Crippen LogP contribution in [-0.2, 0) is 17.7 Å². The van der Waals surface area contributed by atoms with Crippen molar-refractivity contribution in [1.29, 1.82) is 0 Å². The van der Waals surface area contributed by atoms with Crippen molar-refractivity contribution in [3.63, 3.8) is 0 Å². The second-order valence-electron chi connectivity index (χ2n) is 6.82. The standard InChI is InChI=1S/C22H23N5O2/c1-2-29-22(28)16-7-9-18(10-8-16)26-20-19(23)21(25-14-24-20)27-12-11-15-5-3-4-6-17(15)13-27/h3-10,14H,2,11-13,23H2,1H3,(H,24,25,26). The van der Waals surface area contributed by atoms with Gasteiger partial charge in [0.2, 0.25) is 0 Å². The third kappa shape index (κ3) is 3.99. The number of hydrogen-bond acceptors (Lipinski definition) is 7. The molecule has 148 valence electrons. The molecule has 29 heavy (non-hydrogen) atoms. The van der Waals surface area contributed by atoms with E-state index >= 15 is 0 Å². The van der Waals surface area contributed by atoms with E-state index in [-0.39, 0.29) is 5.97 Å². The summed E-state index contributed by atoms with van der Waals surface area (Å²) in [4.78, 5) is 22.7. The molecule has 0 fully saturated rings. The summed E-state index contributed by atoms with van der Waals surface area (Å²) in [7, 11) is 0. The number of fused-ring (bicyclic) bond motifs is 1. The van der Waals surface area contributed by atoms with Crippen LogP contribution in [0.5, 0.6) is 0 Å². The maximum Gasteiger partial charge on any atom is 0.338 e. The van der Waals surface area contributed by atoms with Crippen LogP contribution in [0.1, 0.15) is 28.4 Å². The van der Waals surface area contributed by atoms with Gasteiger partial charge in [-0.05, 0) is 48.7 Å². The molecule has 0 saturated carbocycles. The second kappa shape index (κ2) is 8.18. The number of ether oxygens (including phenoxy) is 1. The first kappa shape index (κ1) is 18.7. The molecule has 0 amide bonds. The predicted molar refractivity (Wildman–Crippen MR) is 113 cm³/mol. The number of carbonyl (C=O) groups excluding carboxylic acids is 1. The highest BCUT2D eigenvalue weighted by Gasteiger charge is 2.20. The minimum Gasteiger partial charge on any atom is -0.462 e. The van der Waals surface area contributed by atoms with Crippen molar-refractivity contribution >= 4 is 29.0 Å². The average Bonchev–Trinajstić information content (AvgIpc) is 2.75. The molecular weight excluding hydrogens is 366 g/mol. The van der Waals surface area contributed by atoms with Gasteiger partial charge in [-0.1, -0.05) is 24.3 Å². The van der Waals surface area contributed by atoms with Crippen LogP contribution in [0.4, 0.5) is 23.0 Å². The van der Waals surface area contributed by atoms with Crippen LogP contribution in [0.25, 0.3) is 0 Å². The highest BCUT2D eigenvalue weighted by Crippen LogP contribution is 2.31. The van der Waals surface area contributed by atoms with Gasteiger partial charge in [-0.3, -0.25) is 0 Å². The Morgan fingerprint density at radius 3 is 2.66 bits per heavy atom. The number of rotatable bonds is 5. The maximum atomic E-state index is 11.8. The van der Waals surface area contributed by atoms with E-state index in [2.05, 4.69) is 44.5 Å². The highest BCUT2D eigenvalue weighted by molar-refractivity contribution is 5.90. The molecule has 2 heterocycles. The fraction of sp³-hybridized carbons (Fsp3) is 0.227. The molecule has 1 aromatic heterocycles. The van der Waals surface area contributed by atoms with Gasteiger partial charge in [0.15, 0.2) is 11.6 Å². The molecule has 3 N–H and O–H groups in total. The number of esters is 1. The fourth-order valence-corrected chi connectivity index (χ4v) is 3.46. The number of anilines is 4. The van der Waals surface area contributed by atoms with Gasteiger partial charge >= 0.3 is 5.97 Å². The number of nitrogen functional groups attached to an aromatic ring is 1. The lowest BCUT2D eigenvalue weighted by Crippen LogP contribution is -2.31. The molecule has 0 unspecified atom stereocenters. The molecule has 2 aromatic carbocycles. The first-order valence-electron chi connectivity index (χ1n) is 9.62. The van der Waals surface area contributed by atoms with Gasteiger partial charge in [0, 0.05) is 18.8 Å². The Kier molecular flexibility index (Phi) is 5.29. The van der Waals surface area contributed by atoms with Crippen molar-refractivity contribution < 1.29 is 9.53 Å². The Morgan fingerprint density at radius 2 is 1.90 bits per heavy atom. The van der Waals surface area contributed by atoms with E-state index in [4.69, 9.17) is 10.5 Å². The number of hydrogen-bond donors (Lipinski definition) is 2. The lowest BCUT2D eigenvalue weighted by molar-refractivity contribution is 0.0526. The van der Waals surface area contributed by atoms with E-state index in [0.717, 1.165) is 31.0 Å². The third-order valence-electron chi connectivity index (χ3n) is 4.95. The number of nitrogens with zero attached hydrogens (tertiary/aromatic N) is 3. The van der Waals surface area contributed by atoms with Crippen LogP contribution in [0.15, 0.2) is 54.9 Å². The summed E-state index contributed by atoms with van der Waals surface area (Å²) in [6.45, 7) is 3.75. The Labute approximate surface area is 169 Å². The largest absolute Gasteiger partial charge is 0.462 e. The summed E-state index contributed by atoms with van der Waals surface area (Å²) >= 11 is 0. The van der Waals surface area contributed by atoms with Gasteiger partial charge in [0.25, 0.3) is 0 Å². The highest BCUT2D eigenvalue weighted by atomic mass is 16.5. The Morgan fingerprint density at radius 1 is 1.14 bits per heavy atom. The van der Waals surface area contributed by atoms with E-state index in [1.807, 2.05) is 0 Å². The number of carbonyl (C=O) groups is 1. The fourth-order valence-electron chi connectivity index (χ4n) is 3.46. The Hall–Kier alpha value is -3.61. The molecule has 4 rings (SSSR count). The van der Waals surface area contributed by atoms with Crippen LogP contribution < -0.4 is 16.0 Å². The lowest BCUT2D eigenvalue weighted by Gasteiger charge is -2.30. The first-order valence-corrected chi connectivity index (χ1v) is 9.62. The monoisotopic (exact) mass is 389 g/mol. The van der Waals surface area contributed by atoms with E-state index in [0.29, 0.717) is 23.7 Å². The minimum atomic E-state index is -0.340. The molecule has 1 aliphatic rings. The quantitative estimate of drug-likeness (QED) is 0.645. The maximum absolute atomic E-state index is 11.8. The third-order valence-corrected chi connectivity index (χ3v) is 4.95. The van der Waals surface area contributed by atoms with E-state index in [1.54, 1.807) is 31.2 Å². The smallest absolute Gasteiger partial charge is 0.338 e. The normalized spacial score (nSPS) is 12.9. The molecule has 0 aliphatic carbocycles. The van der Waals surface area contributed by atoms with Gasteiger partial charge in [0.05, 0.1) is 12.2 Å². The average molecular weight is 389 g/mol. The molecular formula is C22H23N5O2. The molecule has 1 aliphatic heterocycles. The molecule has 7 nitrogen and oxygen atoms in total. The topological polar surface area (TPSA) is 93.4 Å². The number of nitrogens with one attached hydrogen (secondary N) is 1. The van der Waals surface area contributed by atoms with Gasteiger partial charge < -0.3 is 20.7 Å². The van der Waals surface area contributed by atoms with Crippen LogP contribution in [0, 0.1) is 0 Å². The summed E-state index contributed by atoms with van der Waals surface area (Å²) < 4.78 is 5.01. The molecule has 0 atom stereocenters. The molecule has 3 aromatic rings. The van der Waals surface area contributed by atoms with Gasteiger partial charge in [-0.25, -0.2) is 14.8 Å². The van der Waals surface area contributed by atoms with E-state index in [9.17, 15) is 4.79 Å².